The number of benzene rings is 1. The second-order valence-electron chi connectivity index (χ2n) is 4.42. The summed E-state index contributed by atoms with van der Waals surface area (Å²) in [6, 6.07) is 5.28. The van der Waals surface area contributed by atoms with Crippen LogP contribution in [0.3, 0.4) is 0 Å². The second-order valence-corrected chi connectivity index (χ2v) is 4.42. The predicted molar refractivity (Wildman–Crippen MR) is 61.9 cm³/mol. The van der Waals surface area contributed by atoms with Gasteiger partial charge in [-0.15, -0.1) is 0 Å². The highest BCUT2D eigenvalue weighted by molar-refractivity contribution is 5.96. The fraction of sp³-hybridized carbons (Fsp3) is 0.417. The normalized spacial score (nSPS) is 17.8. The molecular formula is C12H14N2O3. The van der Waals surface area contributed by atoms with Crippen LogP contribution in [0.1, 0.15) is 10.4 Å². The van der Waals surface area contributed by atoms with Crippen molar-refractivity contribution in [1.82, 2.24) is 9.80 Å². The molecular weight excluding hydrogens is 220 g/mol. The molecule has 1 saturated heterocycles. The van der Waals surface area contributed by atoms with Gasteiger partial charge in [0.2, 0.25) is 11.2 Å². The van der Waals surface area contributed by atoms with Crippen molar-refractivity contribution in [1.29, 1.82) is 0 Å². The van der Waals surface area contributed by atoms with Crippen molar-refractivity contribution in [2.45, 2.75) is 0 Å². The van der Waals surface area contributed by atoms with Crippen molar-refractivity contribution in [2.24, 2.45) is 0 Å². The molecule has 1 aliphatic rings. The topological polar surface area (TPSA) is 49.8 Å². The van der Waals surface area contributed by atoms with Crippen molar-refractivity contribution in [3.63, 3.8) is 0 Å². The number of carbonyl (C=O) groups is 1. The molecule has 0 aliphatic carbocycles. The van der Waals surface area contributed by atoms with Crippen LogP contribution in [0.4, 0.5) is 0 Å². The third kappa shape index (κ3) is 1.82. The smallest absolute Gasteiger partial charge is 0.254 e. The van der Waals surface area contributed by atoms with Gasteiger partial charge in [0.1, 0.15) is 0 Å². The van der Waals surface area contributed by atoms with E-state index in [1.165, 1.54) is 0 Å². The molecule has 0 spiro atoms. The van der Waals surface area contributed by atoms with Gasteiger partial charge in [-0.05, 0) is 19.2 Å². The summed E-state index contributed by atoms with van der Waals surface area (Å²) in [6.45, 7) is 3.42. The van der Waals surface area contributed by atoms with E-state index in [4.69, 9.17) is 9.15 Å². The first kappa shape index (κ1) is 10.4. The van der Waals surface area contributed by atoms with Gasteiger partial charge in [0.15, 0.2) is 0 Å². The maximum Gasteiger partial charge on any atom is 0.254 e. The second kappa shape index (κ2) is 3.92. The van der Waals surface area contributed by atoms with E-state index < -0.39 is 0 Å². The fourth-order valence-electron chi connectivity index (χ4n) is 2.02. The molecule has 0 bridgehead atoms. The molecule has 1 aromatic heterocycles. The van der Waals surface area contributed by atoms with Gasteiger partial charge in [-0.1, -0.05) is 0 Å². The number of fused-ring (bicyclic) bond motifs is 1. The number of carbonyl (C=O) groups excluding carboxylic acids is 1. The van der Waals surface area contributed by atoms with Crippen LogP contribution in [0.2, 0.25) is 0 Å². The van der Waals surface area contributed by atoms with Crippen LogP contribution in [-0.4, -0.2) is 48.9 Å². The van der Waals surface area contributed by atoms with Gasteiger partial charge >= 0.3 is 0 Å². The van der Waals surface area contributed by atoms with Gasteiger partial charge in [-0.2, -0.15) is 0 Å². The Morgan fingerprint density at radius 1 is 1.12 bits per heavy atom. The van der Waals surface area contributed by atoms with Crippen LogP contribution in [0, 0.1) is 0 Å². The summed E-state index contributed by atoms with van der Waals surface area (Å²) in [5.74, 6) is 0.0661. The van der Waals surface area contributed by atoms with Gasteiger partial charge < -0.3 is 9.80 Å². The summed E-state index contributed by atoms with van der Waals surface area (Å²) in [5, 5.41) is 0. The van der Waals surface area contributed by atoms with E-state index >= 15 is 0 Å². The van der Waals surface area contributed by atoms with Crippen molar-refractivity contribution in [3.05, 3.63) is 23.8 Å². The third-order valence-electron chi connectivity index (χ3n) is 3.20. The standard InChI is InChI=1S/C12H14N2O3/c1-13-4-6-14(7-5-13)12(15)9-2-3-10-11(8-9)17-16-10/h2-3,8H,4-7H2,1H3. The maximum atomic E-state index is 12.2. The molecule has 1 aromatic carbocycles. The molecule has 2 aromatic rings. The lowest BCUT2D eigenvalue weighted by Crippen LogP contribution is -2.47. The molecule has 0 unspecified atom stereocenters. The first-order valence-electron chi connectivity index (χ1n) is 5.70. The first-order chi connectivity index (χ1) is 8.24. The lowest BCUT2D eigenvalue weighted by atomic mass is 10.1. The van der Waals surface area contributed by atoms with Crippen molar-refractivity contribution >= 4 is 17.1 Å². The molecule has 1 amide bonds. The summed E-state index contributed by atoms with van der Waals surface area (Å²) in [4.78, 5) is 16.3. The zero-order chi connectivity index (χ0) is 11.8. The third-order valence-corrected chi connectivity index (χ3v) is 3.20. The van der Waals surface area contributed by atoms with E-state index in [0.29, 0.717) is 16.7 Å². The van der Waals surface area contributed by atoms with Crippen LogP contribution in [-0.2, 0) is 0 Å². The van der Waals surface area contributed by atoms with Gasteiger partial charge in [0, 0.05) is 37.8 Å². The molecule has 17 heavy (non-hydrogen) atoms. The van der Waals surface area contributed by atoms with Gasteiger partial charge in [0.05, 0.1) is 0 Å². The molecule has 0 saturated carbocycles. The largest absolute Gasteiger partial charge is 0.336 e. The van der Waals surface area contributed by atoms with Gasteiger partial charge in [0.25, 0.3) is 5.91 Å². The fourth-order valence-corrected chi connectivity index (χ4v) is 2.02. The molecule has 5 heteroatoms. The average Bonchev–Trinajstić information content (AvgIpc) is 2.31. The number of amides is 1. The quantitative estimate of drug-likeness (QED) is 0.700. The summed E-state index contributed by atoms with van der Waals surface area (Å²) in [5.41, 5.74) is 2.00. The Hall–Kier alpha value is -1.75. The van der Waals surface area contributed by atoms with Crippen LogP contribution in [0.15, 0.2) is 27.4 Å². The van der Waals surface area contributed by atoms with E-state index in [1.807, 2.05) is 4.90 Å². The Kier molecular flexibility index (Phi) is 2.40. The molecule has 1 fully saturated rings. The highest BCUT2D eigenvalue weighted by Gasteiger charge is 2.21. The van der Waals surface area contributed by atoms with E-state index in [2.05, 4.69) is 11.9 Å². The zero-order valence-electron chi connectivity index (χ0n) is 9.68. The Balaban J connectivity index is 1.78. The zero-order valence-corrected chi connectivity index (χ0v) is 9.68. The summed E-state index contributed by atoms with van der Waals surface area (Å²) < 4.78 is 9.53. The molecule has 0 N–H and O–H groups in total. The lowest BCUT2D eigenvalue weighted by Gasteiger charge is -2.32. The minimum atomic E-state index is 0.0661. The summed E-state index contributed by atoms with van der Waals surface area (Å²) in [7, 11) is 2.07. The van der Waals surface area contributed by atoms with Gasteiger partial charge in [-0.3, -0.25) is 13.9 Å². The molecule has 3 rings (SSSR count). The highest BCUT2D eigenvalue weighted by Crippen LogP contribution is 2.20. The Morgan fingerprint density at radius 2 is 1.82 bits per heavy atom. The Labute approximate surface area is 98.5 Å². The van der Waals surface area contributed by atoms with Crippen molar-refractivity contribution in [3.8, 4) is 0 Å². The number of likely N-dealkylation sites (N-methyl/N-ethyl adjacent to an activating group) is 1. The summed E-state index contributed by atoms with van der Waals surface area (Å²) >= 11 is 0. The number of piperazine rings is 1. The van der Waals surface area contributed by atoms with E-state index in [9.17, 15) is 4.79 Å². The van der Waals surface area contributed by atoms with Crippen LogP contribution in [0.5, 0.6) is 0 Å². The molecule has 0 radical (unpaired) electrons. The van der Waals surface area contributed by atoms with Crippen molar-refractivity contribution in [2.75, 3.05) is 33.2 Å². The predicted octanol–water partition coefficient (Wildman–Crippen LogP) is 1.41. The first-order valence-corrected chi connectivity index (χ1v) is 5.70. The van der Waals surface area contributed by atoms with Crippen molar-refractivity contribution < 1.29 is 13.9 Å². The molecule has 0 atom stereocenters. The lowest BCUT2D eigenvalue weighted by molar-refractivity contribution is 0.0580. The highest BCUT2D eigenvalue weighted by atomic mass is 17.0. The molecule has 5 nitrogen and oxygen atoms in total. The van der Waals surface area contributed by atoms with Gasteiger partial charge in [-0.25, -0.2) is 0 Å². The van der Waals surface area contributed by atoms with Crippen LogP contribution < -0.4 is 0 Å². The molecule has 1 aliphatic heterocycles. The minimum absolute atomic E-state index is 0.0661. The number of hydrogen-bond donors (Lipinski definition) is 0. The number of rotatable bonds is 1. The minimum Gasteiger partial charge on any atom is -0.336 e. The van der Waals surface area contributed by atoms with E-state index in [1.54, 1.807) is 18.2 Å². The monoisotopic (exact) mass is 234 g/mol. The van der Waals surface area contributed by atoms with Crippen LogP contribution in [0.25, 0.3) is 11.2 Å². The van der Waals surface area contributed by atoms with E-state index in [0.717, 1.165) is 26.2 Å². The Bertz CT molecular complexity index is 535. The number of nitrogens with zero attached hydrogens (tertiary/aromatic N) is 2. The van der Waals surface area contributed by atoms with Crippen LogP contribution >= 0.6 is 0 Å². The number of hydrogen-bond acceptors (Lipinski definition) is 4. The average molecular weight is 234 g/mol. The molecule has 90 valence electrons. The van der Waals surface area contributed by atoms with E-state index in [-0.39, 0.29) is 5.91 Å². The SMILES string of the molecule is CN1CCN(C(=O)c2ccc3ooc3c2)CC1. The Morgan fingerprint density at radius 3 is 2.41 bits per heavy atom. The molecule has 2 heterocycles. The maximum absolute atomic E-state index is 12.2. The summed E-state index contributed by atoms with van der Waals surface area (Å²) in [6.07, 6.45) is 0.